The highest BCUT2D eigenvalue weighted by Gasteiger charge is 2.39. The molecule has 0 spiro atoms. The summed E-state index contributed by atoms with van der Waals surface area (Å²) in [6.07, 6.45) is 1.39. The number of anilines is 1. The van der Waals surface area contributed by atoms with Gasteiger partial charge in [0.25, 0.3) is 10.0 Å². The van der Waals surface area contributed by atoms with Crippen molar-refractivity contribution in [1.29, 1.82) is 0 Å². The zero-order chi connectivity index (χ0) is 21.6. The van der Waals surface area contributed by atoms with Crippen LogP contribution in [0.5, 0.6) is 5.75 Å². The second-order valence-electron chi connectivity index (χ2n) is 7.31. The fourth-order valence-electron chi connectivity index (χ4n) is 3.99. The Kier molecular flexibility index (Phi) is 4.90. The predicted molar refractivity (Wildman–Crippen MR) is 119 cm³/mol. The van der Waals surface area contributed by atoms with Gasteiger partial charge in [0, 0.05) is 12.1 Å². The van der Waals surface area contributed by atoms with Crippen molar-refractivity contribution in [2.75, 3.05) is 18.5 Å². The fraction of sp³-hybridized carbons (Fsp3) is 0.286. The van der Waals surface area contributed by atoms with Crippen LogP contribution in [0.25, 0.3) is 10.2 Å². The van der Waals surface area contributed by atoms with Crippen LogP contribution < -0.4 is 10.1 Å². The Morgan fingerprint density at radius 2 is 2.13 bits per heavy atom. The van der Waals surface area contributed by atoms with Crippen molar-refractivity contribution in [2.24, 2.45) is 4.40 Å². The summed E-state index contributed by atoms with van der Waals surface area (Å²) in [4.78, 5) is 19.6. The standard InChI is InChI=1S/C21H20N4O4S2/c1-2-29-13-9-10-15-17(12-13)30-21(22-15)23-20(26)16-7-5-11-25(16)19-14-6-3-4-8-18(14)31(27,28)24-19/h3-4,6,8-10,12,16H,2,5,7,11H2,1H3,(H,22,23,26)/t16-/m0/s1. The van der Waals surface area contributed by atoms with Crippen LogP contribution in [-0.2, 0) is 14.8 Å². The third-order valence-electron chi connectivity index (χ3n) is 5.34. The smallest absolute Gasteiger partial charge is 0.285 e. The Balaban J connectivity index is 1.39. The number of carbonyl (C=O) groups is 1. The van der Waals surface area contributed by atoms with Gasteiger partial charge in [-0.3, -0.25) is 4.79 Å². The number of nitrogens with zero attached hydrogens (tertiary/aromatic N) is 3. The number of nitrogens with one attached hydrogen (secondary N) is 1. The van der Waals surface area contributed by atoms with Gasteiger partial charge in [0.15, 0.2) is 11.0 Å². The molecule has 10 heteroatoms. The SMILES string of the molecule is CCOc1ccc2nc(NC(=O)[C@@H]3CCCN3C3=NS(=O)(=O)c4ccccc43)sc2c1. The topological polar surface area (TPSA) is 101 Å². The van der Waals surface area contributed by atoms with E-state index in [9.17, 15) is 13.2 Å². The number of thiazole rings is 1. The molecule has 160 valence electrons. The lowest BCUT2D eigenvalue weighted by molar-refractivity contribution is -0.119. The molecule has 0 aliphatic carbocycles. The number of carbonyl (C=O) groups excluding carboxylic acids is 1. The van der Waals surface area contributed by atoms with Crippen LogP contribution in [0.3, 0.4) is 0 Å². The number of hydrogen-bond donors (Lipinski definition) is 1. The zero-order valence-electron chi connectivity index (χ0n) is 16.7. The molecule has 2 aliphatic heterocycles. The summed E-state index contributed by atoms with van der Waals surface area (Å²) in [5, 5.41) is 3.41. The van der Waals surface area contributed by atoms with Crippen molar-refractivity contribution < 1.29 is 17.9 Å². The van der Waals surface area contributed by atoms with Gasteiger partial charge in [0.2, 0.25) is 5.91 Å². The van der Waals surface area contributed by atoms with E-state index in [4.69, 9.17) is 4.74 Å². The van der Waals surface area contributed by atoms with E-state index in [2.05, 4.69) is 14.7 Å². The van der Waals surface area contributed by atoms with E-state index in [1.807, 2.05) is 25.1 Å². The third-order valence-corrected chi connectivity index (χ3v) is 7.60. The Bertz CT molecular complexity index is 1320. The predicted octanol–water partition coefficient (Wildman–Crippen LogP) is 3.25. The number of rotatable bonds is 4. The van der Waals surface area contributed by atoms with Gasteiger partial charge in [-0.05, 0) is 50.1 Å². The van der Waals surface area contributed by atoms with Crippen LogP contribution >= 0.6 is 11.3 Å². The van der Waals surface area contributed by atoms with E-state index in [0.717, 1.165) is 22.4 Å². The third kappa shape index (κ3) is 3.55. The molecule has 0 radical (unpaired) electrons. The monoisotopic (exact) mass is 456 g/mol. The average Bonchev–Trinajstić information content (AvgIpc) is 3.44. The maximum atomic E-state index is 13.1. The molecule has 31 heavy (non-hydrogen) atoms. The molecular weight excluding hydrogens is 436 g/mol. The van der Waals surface area contributed by atoms with Gasteiger partial charge in [-0.25, -0.2) is 4.98 Å². The van der Waals surface area contributed by atoms with Gasteiger partial charge in [-0.1, -0.05) is 23.5 Å². The first-order valence-electron chi connectivity index (χ1n) is 10.0. The van der Waals surface area contributed by atoms with Crippen LogP contribution in [-0.4, -0.2) is 49.2 Å². The fourth-order valence-corrected chi connectivity index (χ4v) is 6.11. The quantitative estimate of drug-likeness (QED) is 0.647. The van der Waals surface area contributed by atoms with Crippen molar-refractivity contribution in [3.8, 4) is 5.75 Å². The van der Waals surface area contributed by atoms with E-state index in [-0.39, 0.29) is 10.8 Å². The molecule has 0 saturated carbocycles. The molecule has 3 heterocycles. The lowest BCUT2D eigenvalue weighted by atomic mass is 10.1. The molecule has 1 N–H and O–H groups in total. The number of benzene rings is 2. The van der Waals surface area contributed by atoms with E-state index < -0.39 is 16.1 Å². The van der Waals surface area contributed by atoms with Crippen LogP contribution in [0.15, 0.2) is 51.8 Å². The highest BCUT2D eigenvalue weighted by atomic mass is 32.2. The number of amidine groups is 1. The van der Waals surface area contributed by atoms with E-state index in [1.54, 1.807) is 29.2 Å². The Morgan fingerprint density at radius 3 is 2.97 bits per heavy atom. The molecule has 2 aromatic carbocycles. The molecule has 0 unspecified atom stereocenters. The summed E-state index contributed by atoms with van der Waals surface area (Å²) in [6, 6.07) is 11.8. The second-order valence-corrected chi connectivity index (χ2v) is 9.91. The Hall–Kier alpha value is -2.98. The van der Waals surface area contributed by atoms with Crippen LogP contribution in [0, 0.1) is 0 Å². The molecular formula is C21H20N4O4S2. The first kappa shape index (κ1) is 20.0. The Morgan fingerprint density at radius 1 is 1.29 bits per heavy atom. The number of hydrogen-bond acceptors (Lipinski definition) is 7. The summed E-state index contributed by atoms with van der Waals surface area (Å²) in [6.45, 7) is 3.07. The van der Waals surface area contributed by atoms with Gasteiger partial charge >= 0.3 is 0 Å². The minimum absolute atomic E-state index is 0.187. The normalized spacial score (nSPS) is 19.3. The summed E-state index contributed by atoms with van der Waals surface area (Å²) in [5.41, 5.74) is 1.33. The van der Waals surface area contributed by atoms with Gasteiger partial charge < -0.3 is 15.0 Å². The molecule has 8 nitrogen and oxygen atoms in total. The van der Waals surface area contributed by atoms with Gasteiger partial charge in [0.05, 0.1) is 16.8 Å². The molecule has 1 fully saturated rings. The maximum absolute atomic E-state index is 13.1. The summed E-state index contributed by atoms with van der Waals surface area (Å²) >= 11 is 1.38. The van der Waals surface area contributed by atoms with Crippen molar-refractivity contribution in [2.45, 2.75) is 30.7 Å². The number of ether oxygens (including phenoxy) is 1. The van der Waals surface area contributed by atoms with E-state index >= 15 is 0 Å². The van der Waals surface area contributed by atoms with Gasteiger partial charge in [-0.2, -0.15) is 8.42 Å². The summed E-state index contributed by atoms with van der Waals surface area (Å²) < 4.78 is 35.3. The molecule has 1 aromatic heterocycles. The first-order chi connectivity index (χ1) is 15.0. The summed E-state index contributed by atoms with van der Waals surface area (Å²) in [7, 11) is -3.73. The molecule has 0 bridgehead atoms. The molecule has 5 rings (SSSR count). The molecule has 1 saturated heterocycles. The zero-order valence-corrected chi connectivity index (χ0v) is 18.4. The highest BCUT2D eigenvalue weighted by Crippen LogP contribution is 2.33. The van der Waals surface area contributed by atoms with Crippen molar-refractivity contribution in [1.82, 2.24) is 9.88 Å². The van der Waals surface area contributed by atoms with Crippen LogP contribution in [0.1, 0.15) is 25.3 Å². The molecule has 1 atom stereocenters. The molecule has 3 aromatic rings. The van der Waals surface area contributed by atoms with Crippen molar-refractivity contribution in [3.05, 3.63) is 48.0 Å². The first-order valence-corrected chi connectivity index (χ1v) is 12.3. The number of amides is 1. The average molecular weight is 457 g/mol. The number of aromatic nitrogens is 1. The van der Waals surface area contributed by atoms with Gasteiger partial charge in [-0.15, -0.1) is 4.40 Å². The summed E-state index contributed by atoms with van der Waals surface area (Å²) in [5.74, 6) is 0.891. The van der Waals surface area contributed by atoms with Gasteiger partial charge in [0.1, 0.15) is 16.7 Å². The van der Waals surface area contributed by atoms with Crippen LogP contribution in [0.4, 0.5) is 5.13 Å². The number of likely N-dealkylation sites (tertiary alicyclic amines) is 1. The largest absolute Gasteiger partial charge is 0.494 e. The minimum Gasteiger partial charge on any atom is -0.494 e. The lowest BCUT2D eigenvalue weighted by Crippen LogP contribution is -2.43. The van der Waals surface area contributed by atoms with Crippen LogP contribution in [0.2, 0.25) is 0 Å². The van der Waals surface area contributed by atoms with Crippen molar-refractivity contribution >= 4 is 48.5 Å². The van der Waals surface area contributed by atoms with E-state index in [1.165, 1.54) is 11.3 Å². The number of fused-ring (bicyclic) bond motifs is 2. The van der Waals surface area contributed by atoms with E-state index in [0.29, 0.717) is 36.1 Å². The highest BCUT2D eigenvalue weighted by molar-refractivity contribution is 7.90. The lowest BCUT2D eigenvalue weighted by Gasteiger charge is -2.25. The molecule has 1 amide bonds. The minimum atomic E-state index is -3.73. The second kappa shape index (κ2) is 7.61. The number of sulfonamides is 1. The van der Waals surface area contributed by atoms with Crippen molar-refractivity contribution in [3.63, 3.8) is 0 Å². The molecule has 2 aliphatic rings. The maximum Gasteiger partial charge on any atom is 0.285 e. The Labute approximate surface area is 183 Å².